The van der Waals surface area contributed by atoms with Crippen LogP contribution >= 0.6 is 0 Å². The first-order chi connectivity index (χ1) is 6.83. The summed E-state index contributed by atoms with van der Waals surface area (Å²) in [5, 5.41) is 0. The highest BCUT2D eigenvalue weighted by molar-refractivity contribution is 7.87. The summed E-state index contributed by atoms with van der Waals surface area (Å²) in [4.78, 5) is 0. The molecule has 0 aromatic rings. The van der Waals surface area contributed by atoms with E-state index in [0.717, 1.165) is 6.42 Å². The van der Waals surface area contributed by atoms with Crippen LogP contribution in [-0.2, 0) is 10.2 Å². The summed E-state index contributed by atoms with van der Waals surface area (Å²) in [5.74, 6) is 0.399. The van der Waals surface area contributed by atoms with Crippen LogP contribution in [0.25, 0.3) is 0 Å². The molecule has 1 rings (SSSR count). The van der Waals surface area contributed by atoms with Crippen molar-refractivity contribution in [1.82, 2.24) is 9.03 Å². The smallest absolute Gasteiger partial charge is 0.279 e. The second kappa shape index (κ2) is 4.78. The molecule has 0 bridgehead atoms. The number of hydrogen-bond acceptors (Lipinski definition) is 3. The lowest BCUT2D eigenvalue weighted by molar-refractivity contribution is 0.250. The van der Waals surface area contributed by atoms with E-state index in [4.69, 9.17) is 5.73 Å². The molecule has 6 heteroatoms. The van der Waals surface area contributed by atoms with Crippen LogP contribution in [0, 0.1) is 5.92 Å². The lowest BCUT2D eigenvalue weighted by atomic mass is 9.96. The number of rotatable bonds is 3. The van der Waals surface area contributed by atoms with Crippen molar-refractivity contribution in [2.75, 3.05) is 13.1 Å². The molecule has 1 fully saturated rings. The zero-order chi connectivity index (χ0) is 11.6. The van der Waals surface area contributed by atoms with Crippen LogP contribution in [0.2, 0.25) is 0 Å². The first-order valence-corrected chi connectivity index (χ1v) is 6.80. The van der Waals surface area contributed by atoms with Crippen LogP contribution < -0.4 is 10.5 Å². The first-order valence-electron chi connectivity index (χ1n) is 5.36. The number of nitrogens with two attached hydrogens (primary N) is 1. The Hall–Kier alpha value is -0.170. The lowest BCUT2D eigenvalue weighted by Crippen LogP contribution is -2.53. The normalized spacial score (nSPS) is 29.7. The van der Waals surface area contributed by atoms with Crippen molar-refractivity contribution in [3.63, 3.8) is 0 Å². The van der Waals surface area contributed by atoms with Gasteiger partial charge in [-0.1, -0.05) is 6.92 Å². The maximum Gasteiger partial charge on any atom is 0.279 e. The Bertz CT molecular complexity index is 302. The zero-order valence-electron chi connectivity index (χ0n) is 9.60. The van der Waals surface area contributed by atoms with Crippen LogP contribution in [-0.4, -0.2) is 37.9 Å². The van der Waals surface area contributed by atoms with Gasteiger partial charge in [0.15, 0.2) is 0 Å². The molecule has 1 saturated heterocycles. The summed E-state index contributed by atoms with van der Waals surface area (Å²) >= 11 is 0. The third kappa shape index (κ3) is 3.41. The Morgan fingerprint density at radius 3 is 2.53 bits per heavy atom. The molecule has 1 aliphatic rings. The van der Waals surface area contributed by atoms with Crippen molar-refractivity contribution in [2.45, 2.75) is 39.3 Å². The van der Waals surface area contributed by atoms with Crippen molar-refractivity contribution < 1.29 is 8.42 Å². The topological polar surface area (TPSA) is 75.4 Å². The Labute approximate surface area is 92.2 Å². The summed E-state index contributed by atoms with van der Waals surface area (Å²) in [7, 11) is -3.34. The minimum absolute atomic E-state index is 0.0533. The molecule has 15 heavy (non-hydrogen) atoms. The van der Waals surface area contributed by atoms with Gasteiger partial charge in [0.25, 0.3) is 10.2 Å². The van der Waals surface area contributed by atoms with Gasteiger partial charge in [0, 0.05) is 25.2 Å². The molecule has 2 unspecified atom stereocenters. The maximum absolute atomic E-state index is 11.8. The highest BCUT2D eigenvalue weighted by atomic mass is 32.2. The minimum atomic E-state index is -3.34. The Morgan fingerprint density at radius 2 is 2.07 bits per heavy atom. The van der Waals surface area contributed by atoms with Gasteiger partial charge in [-0.2, -0.15) is 17.4 Å². The van der Waals surface area contributed by atoms with E-state index < -0.39 is 10.2 Å². The molecule has 0 spiro atoms. The van der Waals surface area contributed by atoms with Gasteiger partial charge < -0.3 is 5.73 Å². The fourth-order valence-corrected chi connectivity index (χ4v) is 3.12. The second-order valence-corrected chi connectivity index (χ2v) is 6.27. The summed E-state index contributed by atoms with van der Waals surface area (Å²) in [6.45, 7) is 6.67. The second-order valence-electron chi connectivity index (χ2n) is 4.57. The summed E-state index contributed by atoms with van der Waals surface area (Å²) in [5.41, 5.74) is 5.86. The standard InChI is InChI=1S/C9H21N3O2S/c1-7(2)11-15(13,14)12-5-4-8(3)9(10)6-12/h7-9,11H,4-6,10H2,1-3H3. The SMILES string of the molecule is CC(C)NS(=O)(=O)N1CCC(C)C(N)C1. The predicted octanol–water partition coefficient (Wildman–Crippen LogP) is -0.102. The highest BCUT2D eigenvalue weighted by Gasteiger charge is 2.30. The fourth-order valence-electron chi connectivity index (χ4n) is 1.66. The largest absolute Gasteiger partial charge is 0.326 e. The minimum Gasteiger partial charge on any atom is -0.326 e. The average Bonchev–Trinajstić information content (AvgIpc) is 2.07. The van der Waals surface area contributed by atoms with E-state index in [-0.39, 0.29) is 12.1 Å². The molecule has 0 aromatic carbocycles. The van der Waals surface area contributed by atoms with Gasteiger partial charge in [-0.25, -0.2) is 0 Å². The van der Waals surface area contributed by atoms with Crippen LogP contribution in [0.3, 0.4) is 0 Å². The summed E-state index contributed by atoms with van der Waals surface area (Å²) < 4.78 is 27.6. The molecular weight excluding hydrogens is 214 g/mol. The number of nitrogens with zero attached hydrogens (tertiary/aromatic N) is 1. The van der Waals surface area contributed by atoms with Crippen molar-refractivity contribution in [3.05, 3.63) is 0 Å². The van der Waals surface area contributed by atoms with Gasteiger partial charge in [0.1, 0.15) is 0 Å². The van der Waals surface area contributed by atoms with Gasteiger partial charge >= 0.3 is 0 Å². The van der Waals surface area contributed by atoms with Crippen molar-refractivity contribution in [3.8, 4) is 0 Å². The van der Waals surface area contributed by atoms with E-state index >= 15 is 0 Å². The molecule has 3 N–H and O–H groups in total. The molecule has 2 atom stereocenters. The van der Waals surface area contributed by atoms with Crippen LogP contribution in [0.15, 0.2) is 0 Å². The molecular formula is C9H21N3O2S. The Balaban J connectivity index is 2.65. The monoisotopic (exact) mass is 235 g/mol. The Kier molecular flexibility index (Phi) is 4.11. The number of nitrogens with one attached hydrogen (secondary N) is 1. The molecule has 5 nitrogen and oxygen atoms in total. The van der Waals surface area contributed by atoms with Crippen molar-refractivity contribution in [2.24, 2.45) is 11.7 Å². The van der Waals surface area contributed by atoms with E-state index in [2.05, 4.69) is 11.6 Å². The molecule has 1 aliphatic heterocycles. The molecule has 1 heterocycles. The first kappa shape index (κ1) is 12.9. The Morgan fingerprint density at radius 1 is 1.47 bits per heavy atom. The van der Waals surface area contributed by atoms with E-state index in [0.29, 0.717) is 19.0 Å². The van der Waals surface area contributed by atoms with Gasteiger partial charge in [-0.05, 0) is 26.2 Å². The maximum atomic E-state index is 11.8. The third-order valence-electron chi connectivity index (χ3n) is 2.70. The zero-order valence-corrected chi connectivity index (χ0v) is 10.4. The molecule has 0 radical (unpaired) electrons. The van der Waals surface area contributed by atoms with E-state index in [9.17, 15) is 8.42 Å². The van der Waals surface area contributed by atoms with E-state index in [1.165, 1.54) is 4.31 Å². The van der Waals surface area contributed by atoms with Gasteiger partial charge in [-0.3, -0.25) is 0 Å². The van der Waals surface area contributed by atoms with E-state index in [1.54, 1.807) is 0 Å². The molecule has 0 saturated carbocycles. The number of hydrogen-bond donors (Lipinski definition) is 2. The molecule has 0 aliphatic carbocycles. The highest BCUT2D eigenvalue weighted by Crippen LogP contribution is 2.17. The fraction of sp³-hybridized carbons (Fsp3) is 1.00. The van der Waals surface area contributed by atoms with Crippen LogP contribution in [0.5, 0.6) is 0 Å². The quantitative estimate of drug-likeness (QED) is 0.717. The number of piperidine rings is 1. The summed E-state index contributed by atoms with van der Waals surface area (Å²) in [6, 6.07) is -0.131. The average molecular weight is 235 g/mol. The van der Waals surface area contributed by atoms with Gasteiger partial charge in [0.2, 0.25) is 0 Å². The predicted molar refractivity (Wildman–Crippen MR) is 60.5 cm³/mol. The molecule has 0 aromatic heterocycles. The van der Waals surface area contributed by atoms with Gasteiger partial charge in [-0.15, -0.1) is 0 Å². The van der Waals surface area contributed by atoms with Crippen LogP contribution in [0.4, 0.5) is 0 Å². The van der Waals surface area contributed by atoms with E-state index in [1.807, 2.05) is 13.8 Å². The van der Waals surface area contributed by atoms with Gasteiger partial charge in [0.05, 0.1) is 0 Å². The molecule has 90 valence electrons. The van der Waals surface area contributed by atoms with Crippen molar-refractivity contribution in [1.29, 1.82) is 0 Å². The van der Waals surface area contributed by atoms with Crippen molar-refractivity contribution >= 4 is 10.2 Å². The lowest BCUT2D eigenvalue weighted by Gasteiger charge is -2.34. The summed E-state index contributed by atoms with van der Waals surface area (Å²) in [6.07, 6.45) is 0.834. The third-order valence-corrected chi connectivity index (χ3v) is 4.48. The van der Waals surface area contributed by atoms with Crippen LogP contribution in [0.1, 0.15) is 27.2 Å². The molecule has 0 amide bonds.